The van der Waals surface area contributed by atoms with Crippen molar-refractivity contribution in [1.82, 2.24) is 0 Å². The molecule has 0 aromatic heterocycles. The van der Waals surface area contributed by atoms with Gasteiger partial charge in [0.15, 0.2) is 10.8 Å². The molecular weight excluding hydrogens is 316 g/mol. The van der Waals surface area contributed by atoms with E-state index in [0.717, 1.165) is 5.56 Å². The molecule has 3 atom stereocenters. The van der Waals surface area contributed by atoms with Crippen molar-refractivity contribution >= 4 is 5.84 Å². The summed E-state index contributed by atoms with van der Waals surface area (Å²) in [7, 11) is 0. The summed E-state index contributed by atoms with van der Waals surface area (Å²) in [6, 6.07) is 14.4. The first-order chi connectivity index (χ1) is 12.0. The van der Waals surface area contributed by atoms with E-state index in [0.29, 0.717) is 19.6 Å². The van der Waals surface area contributed by atoms with Crippen LogP contribution in [0.4, 0.5) is 0 Å². The van der Waals surface area contributed by atoms with Crippen molar-refractivity contribution in [3.05, 3.63) is 35.9 Å². The van der Waals surface area contributed by atoms with E-state index in [2.05, 4.69) is 17.1 Å². The predicted molar refractivity (Wildman–Crippen MR) is 90.6 cm³/mol. The highest BCUT2D eigenvalue weighted by Crippen LogP contribution is 2.83. The molecule has 1 saturated carbocycles. The van der Waals surface area contributed by atoms with Gasteiger partial charge in [-0.25, -0.2) is 4.99 Å². The molecule has 3 rings (SSSR count). The standard InChI is InChI=1S/C19H22N4O2/c1-4-16(14-10-8-7-9-11-14)17(12-20)15(22)23-19(24-5-2,25-6-3)18(16,17)13-21/h7-11H,4-6H2,1-3H3,(H2,22,23)/p+1/t16-,17+,18-/m1/s1. The number of nitrogens with two attached hydrogens (primary N) is 1. The summed E-state index contributed by atoms with van der Waals surface area (Å²) in [6.45, 7) is 6.27. The Kier molecular flexibility index (Phi) is 3.87. The van der Waals surface area contributed by atoms with Gasteiger partial charge in [0.25, 0.3) is 5.84 Å². The van der Waals surface area contributed by atoms with Crippen LogP contribution in [0.2, 0.25) is 0 Å². The second-order valence-corrected chi connectivity index (χ2v) is 6.37. The summed E-state index contributed by atoms with van der Waals surface area (Å²) < 4.78 is 11.9. The van der Waals surface area contributed by atoms with Crippen LogP contribution in [0.5, 0.6) is 0 Å². The number of rotatable bonds is 6. The highest BCUT2D eigenvalue weighted by molar-refractivity contribution is 5.97. The van der Waals surface area contributed by atoms with Crippen LogP contribution < -0.4 is 10.7 Å². The van der Waals surface area contributed by atoms with Gasteiger partial charge in [-0.1, -0.05) is 37.3 Å². The summed E-state index contributed by atoms with van der Waals surface area (Å²) in [5, 5.41) is 20.5. The van der Waals surface area contributed by atoms with Crippen molar-refractivity contribution in [2.45, 2.75) is 38.5 Å². The number of nitrogens with zero attached hydrogens (tertiary/aromatic N) is 2. The maximum absolute atomic E-state index is 10.3. The first kappa shape index (κ1) is 17.4. The fourth-order valence-electron chi connectivity index (χ4n) is 5.07. The molecule has 6 nitrogen and oxygen atoms in total. The maximum atomic E-state index is 10.3. The number of nitriles is 2. The van der Waals surface area contributed by atoms with Crippen LogP contribution in [0.3, 0.4) is 0 Å². The monoisotopic (exact) mass is 339 g/mol. The summed E-state index contributed by atoms with van der Waals surface area (Å²) in [6.07, 6.45) is 0.558. The molecule has 0 saturated heterocycles. The van der Waals surface area contributed by atoms with Crippen LogP contribution >= 0.6 is 0 Å². The Labute approximate surface area is 147 Å². The Hall–Kier alpha value is -2.41. The van der Waals surface area contributed by atoms with Crippen LogP contribution in [0.15, 0.2) is 30.3 Å². The molecule has 1 aromatic carbocycles. The molecule has 130 valence electrons. The smallest absolute Gasteiger partial charge is 0.314 e. The van der Waals surface area contributed by atoms with Crippen LogP contribution in [-0.2, 0) is 14.9 Å². The summed E-state index contributed by atoms with van der Waals surface area (Å²) in [5.74, 6) is -1.21. The molecule has 0 spiro atoms. The van der Waals surface area contributed by atoms with Gasteiger partial charge in [-0.05, 0) is 25.8 Å². The normalized spacial score (nSPS) is 34.5. The number of hydrogen-bond acceptors (Lipinski definition) is 5. The third-order valence-electron chi connectivity index (χ3n) is 5.80. The lowest BCUT2D eigenvalue weighted by atomic mass is 9.80. The van der Waals surface area contributed by atoms with Crippen LogP contribution in [0.1, 0.15) is 32.8 Å². The van der Waals surface area contributed by atoms with Crippen LogP contribution in [0.25, 0.3) is 0 Å². The van der Waals surface area contributed by atoms with E-state index in [1.807, 2.05) is 51.1 Å². The van der Waals surface area contributed by atoms with Gasteiger partial charge in [0, 0.05) is 0 Å². The number of amidine groups is 1. The second-order valence-electron chi connectivity index (χ2n) is 6.37. The predicted octanol–water partition coefficient (Wildman–Crippen LogP) is 0.546. The Morgan fingerprint density at radius 2 is 1.64 bits per heavy atom. The van der Waals surface area contributed by atoms with E-state index >= 15 is 0 Å². The largest absolute Gasteiger partial charge is 0.343 e. The fourth-order valence-corrected chi connectivity index (χ4v) is 5.07. The summed E-state index contributed by atoms with van der Waals surface area (Å²) in [4.78, 5) is 3.02. The average molecular weight is 339 g/mol. The van der Waals surface area contributed by atoms with Gasteiger partial charge in [0.05, 0.1) is 30.8 Å². The topological polar surface area (TPSA) is 106 Å². The maximum Gasteiger partial charge on any atom is 0.343 e. The molecule has 1 aliphatic heterocycles. The molecule has 0 unspecified atom stereocenters. The third-order valence-corrected chi connectivity index (χ3v) is 5.80. The molecule has 6 heteroatoms. The minimum Gasteiger partial charge on any atom is -0.314 e. The SMILES string of the molecule is CCOC1(OCC)[NH+]=C(N)[C@@]2(C#N)[C@@](CC)(c3ccccc3)[C@@]12C#N. The first-order valence-electron chi connectivity index (χ1n) is 8.61. The Bertz CT molecular complexity index is 788. The van der Waals surface area contributed by atoms with E-state index in [1.165, 1.54) is 0 Å². The van der Waals surface area contributed by atoms with Gasteiger partial charge < -0.3 is 9.47 Å². The average Bonchev–Trinajstić information content (AvgIpc) is 3.14. The van der Waals surface area contributed by atoms with E-state index in [9.17, 15) is 10.5 Å². The van der Waals surface area contributed by atoms with Crippen molar-refractivity contribution in [3.63, 3.8) is 0 Å². The zero-order chi connectivity index (χ0) is 18.3. The molecule has 0 amide bonds. The van der Waals surface area contributed by atoms with E-state index < -0.39 is 22.2 Å². The van der Waals surface area contributed by atoms with Gasteiger partial charge >= 0.3 is 5.91 Å². The third kappa shape index (κ3) is 1.53. The number of ether oxygens (including phenoxy) is 2. The molecule has 3 N–H and O–H groups in total. The Morgan fingerprint density at radius 3 is 2.08 bits per heavy atom. The molecule has 1 aromatic rings. The lowest BCUT2D eigenvalue weighted by Gasteiger charge is -2.33. The van der Waals surface area contributed by atoms with Crippen molar-refractivity contribution < 1.29 is 14.5 Å². The summed E-state index contributed by atoms with van der Waals surface area (Å²) in [5.41, 5.74) is 3.94. The van der Waals surface area contributed by atoms with E-state index in [1.54, 1.807) is 0 Å². The van der Waals surface area contributed by atoms with Crippen LogP contribution in [0, 0.1) is 33.5 Å². The second kappa shape index (κ2) is 5.56. The highest BCUT2D eigenvalue weighted by atomic mass is 16.7. The molecular formula is C19H23N4O2+. The highest BCUT2D eigenvalue weighted by Gasteiger charge is 3.03. The zero-order valence-corrected chi connectivity index (χ0v) is 14.8. The summed E-state index contributed by atoms with van der Waals surface area (Å²) >= 11 is 0. The lowest BCUT2D eigenvalue weighted by molar-refractivity contribution is -0.694. The number of hydrogen-bond donors (Lipinski definition) is 2. The number of nitrogens with one attached hydrogen (secondary N) is 1. The van der Waals surface area contributed by atoms with E-state index in [4.69, 9.17) is 15.2 Å². The van der Waals surface area contributed by atoms with Crippen molar-refractivity contribution in [2.24, 2.45) is 16.6 Å². The zero-order valence-electron chi connectivity index (χ0n) is 14.8. The van der Waals surface area contributed by atoms with Gasteiger partial charge in [-0.2, -0.15) is 10.5 Å². The lowest BCUT2D eigenvalue weighted by Crippen LogP contribution is -2.91. The molecule has 1 heterocycles. The van der Waals surface area contributed by atoms with Gasteiger partial charge in [0.2, 0.25) is 0 Å². The Balaban J connectivity index is 2.36. The van der Waals surface area contributed by atoms with Crippen LogP contribution in [-0.4, -0.2) is 25.0 Å². The van der Waals surface area contributed by atoms with Gasteiger partial charge in [-0.15, -0.1) is 0 Å². The minimum atomic E-state index is -1.45. The molecule has 1 fully saturated rings. The molecule has 1 aliphatic carbocycles. The number of benzene rings is 1. The quantitative estimate of drug-likeness (QED) is 0.736. The van der Waals surface area contributed by atoms with Gasteiger partial charge in [-0.3, -0.25) is 5.73 Å². The fraction of sp³-hybridized carbons (Fsp3) is 0.526. The first-order valence-corrected chi connectivity index (χ1v) is 8.61. The minimum absolute atomic E-state index is 0.240. The Morgan fingerprint density at radius 1 is 1.04 bits per heavy atom. The van der Waals surface area contributed by atoms with Crippen molar-refractivity contribution in [2.75, 3.05) is 13.2 Å². The molecule has 2 aliphatic rings. The molecule has 0 radical (unpaired) electrons. The number of fused-ring (bicyclic) bond motifs is 1. The molecule has 25 heavy (non-hydrogen) atoms. The van der Waals surface area contributed by atoms with Gasteiger partial charge in [0.1, 0.15) is 0 Å². The van der Waals surface area contributed by atoms with Crippen molar-refractivity contribution in [3.8, 4) is 12.1 Å². The molecule has 0 bridgehead atoms. The van der Waals surface area contributed by atoms with Crippen molar-refractivity contribution in [1.29, 1.82) is 10.5 Å². The van der Waals surface area contributed by atoms with E-state index in [-0.39, 0.29) is 5.84 Å².